The molecule has 3 N–H and O–H groups in total. The Morgan fingerprint density at radius 2 is 2.35 bits per heavy atom. The zero-order chi connectivity index (χ0) is 12.5. The van der Waals surface area contributed by atoms with E-state index in [0.29, 0.717) is 12.6 Å². The molecule has 5 nitrogen and oxygen atoms in total. The van der Waals surface area contributed by atoms with Crippen molar-refractivity contribution in [2.75, 3.05) is 0 Å². The van der Waals surface area contributed by atoms with Gasteiger partial charge in [-0.05, 0) is 26.7 Å². The van der Waals surface area contributed by atoms with Crippen LogP contribution < -0.4 is 11.1 Å². The summed E-state index contributed by atoms with van der Waals surface area (Å²) in [6, 6.07) is 0.669. The highest BCUT2D eigenvalue weighted by atomic mass is 16.1. The van der Waals surface area contributed by atoms with Crippen molar-refractivity contribution in [3.63, 3.8) is 0 Å². The van der Waals surface area contributed by atoms with E-state index in [-0.39, 0.29) is 5.91 Å². The fraction of sp³-hybridized carbons (Fsp3) is 0.667. The summed E-state index contributed by atoms with van der Waals surface area (Å²) in [6.07, 6.45) is 6.13. The summed E-state index contributed by atoms with van der Waals surface area (Å²) in [6.45, 7) is 5.09. The van der Waals surface area contributed by atoms with Gasteiger partial charge in [0.1, 0.15) is 0 Å². The molecule has 1 fully saturated rings. The van der Waals surface area contributed by atoms with Gasteiger partial charge in [0.05, 0.1) is 17.4 Å². The first-order chi connectivity index (χ1) is 7.99. The van der Waals surface area contributed by atoms with Crippen LogP contribution in [0.4, 0.5) is 0 Å². The molecule has 0 bridgehead atoms. The Bertz CT molecular complexity index is 406. The number of hydrogen-bond acceptors (Lipinski definition) is 3. The van der Waals surface area contributed by atoms with Crippen LogP contribution in [0.3, 0.4) is 0 Å². The summed E-state index contributed by atoms with van der Waals surface area (Å²) >= 11 is 0. The van der Waals surface area contributed by atoms with Crippen molar-refractivity contribution in [3.05, 3.63) is 18.2 Å². The lowest BCUT2D eigenvalue weighted by atomic mass is 9.92. The van der Waals surface area contributed by atoms with Gasteiger partial charge < -0.3 is 15.6 Å². The van der Waals surface area contributed by atoms with E-state index in [0.717, 1.165) is 12.2 Å². The van der Waals surface area contributed by atoms with Crippen molar-refractivity contribution in [2.24, 2.45) is 11.1 Å². The second-order valence-electron chi connectivity index (χ2n) is 5.42. The van der Waals surface area contributed by atoms with Crippen molar-refractivity contribution in [1.29, 1.82) is 0 Å². The van der Waals surface area contributed by atoms with E-state index in [1.807, 2.05) is 24.6 Å². The second-order valence-corrected chi connectivity index (χ2v) is 5.42. The highest BCUT2D eigenvalue weighted by Gasteiger charge is 2.26. The Hall–Kier alpha value is -1.36. The van der Waals surface area contributed by atoms with E-state index in [2.05, 4.69) is 10.3 Å². The molecular formula is C12H20N4O. The topological polar surface area (TPSA) is 72.9 Å². The molecule has 0 aliphatic heterocycles. The summed E-state index contributed by atoms with van der Waals surface area (Å²) in [5, 5.41) is 3.44. The van der Waals surface area contributed by atoms with E-state index in [4.69, 9.17) is 5.73 Å². The Morgan fingerprint density at radius 3 is 2.94 bits per heavy atom. The van der Waals surface area contributed by atoms with Crippen LogP contribution in [0.2, 0.25) is 0 Å². The fourth-order valence-electron chi connectivity index (χ4n) is 1.68. The maximum absolute atomic E-state index is 11.3. The number of imidazole rings is 1. The van der Waals surface area contributed by atoms with Crippen LogP contribution in [0.15, 0.2) is 12.5 Å². The maximum atomic E-state index is 11.3. The molecule has 1 aliphatic rings. The molecule has 94 valence electrons. The van der Waals surface area contributed by atoms with Crippen LogP contribution in [0, 0.1) is 5.41 Å². The second kappa shape index (κ2) is 4.49. The predicted molar refractivity (Wildman–Crippen MR) is 65.1 cm³/mol. The molecule has 0 aromatic carbocycles. The van der Waals surface area contributed by atoms with Crippen molar-refractivity contribution in [3.8, 4) is 0 Å². The molecular weight excluding hydrogens is 216 g/mol. The van der Waals surface area contributed by atoms with Gasteiger partial charge >= 0.3 is 0 Å². The van der Waals surface area contributed by atoms with Crippen molar-refractivity contribution in [1.82, 2.24) is 14.9 Å². The Balaban J connectivity index is 1.99. The van der Waals surface area contributed by atoms with Gasteiger partial charge in [-0.15, -0.1) is 0 Å². The molecule has 1 saturated carbocycles. The molecule has 17 heavy (non-hydrogen) atoms. The molecule has 1 heterocycles. The van der Waals surface area contributed by atoms with E-state index in [1.54, 1.807) is 6.33 Å². The minimum absolute atomic E-state index is 0.285. The van der Waals surface area contributed by atoms with Crippen LogP contribution in [-0.2, 0) is 17.9 Å². The van der Waals surface area contributed by atoms with E-state index >= 15 is 0 Å². The maximum Gasteiger partial charge on any atom is 0.224 e. The van der Waals surface area contributed by atoms with Crippen molar-refractivity contribution < 1.29 is 4.79 Å². The quantitative estimate of drug-likeness (QED) is 0.761. The number of amides is 1. The van der Waals surface area contributed by atoms with Gasteiger partial charge in [-0.2, -0.15) is 0 Å². The third-order valence-corrected chi connectivity index (χ3v) is 3.18. The minimum atomic E-state index is -0.547. The van der Waals surface area contributed by atoms with Gasteiger partial charge in [-0.25, -0.2) is 4.98 Å². The van der Waals surface area contributed by atoms with Crippen LogP contribution in [0.1, 0.15) is 32.4 Å². The lowest BCUT2D eigenvalue weighted by Crippen LogP contribution is -2.36. The lowest BCUT2D eigenvalue weighted by Gasteiger charge is -2.22. The van der Waals surface area contributed by atoms with Gasteiger partial charge in [-0.3, -0.25) is 4.79 Å². The SMILES string of the molecule is CC(C)(Cn1cncc1CNC1CC1)C(N)=O. The Morgan fingerprint density at radius 1 is 1.65 bits per heavy atom. The number of carbonyl (C=O) groups is 1. The average molecular weight is 236 g/mol. The number of primary amides is 1. The van der Waals surface area contributed by atoms with Crippen LogP contribution in [-0.4, -0.2) is 21.5 Å². The first kappa shape index (κ1) is 12.1. The number of carbonyl (C=O) groups excluding carboxylic acids is 1. The predicted octanol–water partition coefficient (Wildman–Crippen LogP) is 0.647. The zero-order valence-corrected chi connectivity index (χ0v) is 10.4. The molecule has 1 aliphatic carbocycles. The highest BCUT2D eigenvalue weighted by Crippen LogP contribution is 2.21. The Kier molecular flexibility index (Phi) is 3.19. The molecule has 0 radical (unpaired) electrons. The third-order valence-electron chi connectivity index (χ3n) is 3.18. The minimum Gasteiger partial charge on any atom is -0.369 e. The van der Waals surface area contributed by atoms with E-state index < -0.39 is 5.41 Å². The monoisotopic (exact) mass is 236 g/mol. The third kappa shape index (κ3) is 3.06. The molecule has 0 saturated heterocycles. The number of nitrogens with two attached hydrogens (primary N) is 1. The number of nitrogens with zero attached hydrogens (tertiary/aromatic N) is 2. The largest absolute Gasteiger partial charge is 0.369 e. The molecule has 1 aromatic rings. The number of aromatic nitrogens is 2. The summed E-state index contributed by atoms with van der Waals surface area (Å²) in [7, 11) is 0. The summed E-state index contributed by atoms with van der Waals surface area (Å²) < 4.78 is 2.00. The molecule has 0 atom stereocenters. The first-order valence-electron chi connectivity index (χ1n) is 6.01. The van der Waals surface area contributed by atoms with Gasteiger partial charge in [0.25, 0.3) is 0 Å². The summed E-state index contributed by atoms with van der Waals surface area (Å²) in [4.78, 5) is 15.4. The fourth-order valence-corrected chi connectivity index (χ4v) is 1.68. The van der Waals surface area contributed by atoms with Crippen LogP contribution in [0.25, 0.3) is 0 Å². The summed E-state index contributed by atoms with van der Waals surface area (Å²) in [5.41, 5.74) is 5.94. The standard InChI is InChI=1S/C12H20N4O/c1-12(2,11(13)17)7-16-8-14-5-10(16)6-15-9-3-4-9/h5,8-9,15H,3-4,6-7H2,1-2H3,(H2,13,17). The molecule has 2 rings (SSSR count). The Labute approximate surface area is 101 Å². The van der Waals surface area contributed by atoms with Crippen molar-refractivity contribution >= 4 is 5.91 Å². The zero-order valence-electron chi connectivity index (χ0n) is 10.4. The highest BCUT2D eigenvalue weighted by molar-refractivity contribution is 5.79. The van der Waals surface area contributed by atoms with Gasteiger partial charge in [-0.1, -0.05) is 0 Å². The lowest BCUT2D eigenvalue weighted by molar-refractivity contribution is -0.126. The molecule has 1 aromatic heterocycles. The summed E-state index contributed by atoms with van der Waals surface area (Å²) in [5.74, 6) is -0.285. The number of rotatable bonds is 6. The average Bonchev–Trinajstić information content (AvgIpc) is 2.97. The normalized spacial score (nSPS) is 16.1. The van der Waals surface area contributed by atoms with Crippen LogP contribution in [0.5, 0.6) is 0 Å². The van der Waals surface area contributed by atoms with E-state index in [9.17, 15) is 4.79 Å². The molecule has 0 spiro atoms. The number of hydrogen-bond donors (Lipinski definition) is 2. The molecule has 1 amide bonds. The van der Waals surface area contributed by atoms with Gasteiger partial charge in [0.2, 0.25) is 5.91 Å². The smallest absolute Gasteiger partial charge is 0.224 e. The first-order valence-corrected chi connectivity index (χ1v) is 6.01. The van der Waals surface area contributed by atoms with Crippen molar-refractivity contribution in [2.45, 2.75) is 45.8 Å². The number of nitrogens with one attached hydrogen (secondary N) is 1. The van der Waals surface area contributed by atoms with E-state index in [1.165, 1.54) is 12.8 Å². The van der Waals surface area contributed by atoms with Gasteiger partial charge in [0.15, 0.2) is 0 Å². The molecule has 5 heteroatoms. The van der Waals surface area contributed by atoms with Crippen LogP contribution >= 0.6 is 0 Å². The van der Waals surface area contributed by atoms with Gasteiger partial charge in [0, 0.05) is 25.3 Å². The molecule has 0 unspecified atom stereocenters.